The van der Waals surface area contributed by atoms with Gasteiger partial charge in [-0.3, -0.25) is 4.79 Å². The number of carbonyl (C=O) groups is 1. The molecule has 0 radical (unpaired) electrons. The van der Waals surface area contributed by atoms with Gasteiger partial charge in [0.2, 0.25) is 0 Å². The molecular formula is C17H18N6OS. The number of nitrogens with zero attached hydrogens (tertiary/aromatic N) is 5. The summed E-state index contributed by atoms with van der Waals surface area (Å²) in [7, 11) is 0. The summed E-state index contributed by atoms with van der Waals surface area (Å²) in [6.45, 7) is 4.04. The van der Waals surface area contributed by atoms with E-state index >= 15 is 0 Å². The lowest BCUT2D eigenvalue weighted by Crippen LogP contribution is -2.18. The van der Waals surface area contributed by atoms with E-state index in [0.717, 1.165) is 24.3 Å². The van der Waals surface area contributed by atoms with E-state index in [9.17, 15) is 4.79 Å². The van der Waals surface area contributed by atoms with E-state index in [0.29, 0.717) is 16.5 Å². The lowest BCUT2D eigenvalue weighted by Gasteiger charge is -2.16. The fraction of sp³-hybridized carbons (Fsp3) is 0.294. The molecule has 0 aromatic carbocycles. The van der Waals surface area contributed by atoms with Crippen LogP contribution in [0.2, 0.25) is 0 Å². The first-order chi connectivity index (χ1) is 12.2. The molecule has 0 atom stereocenters. The molecule has 0 aliphatic carbocycles. The highest BCUT2D eigenvalue weighted by Gasteiger charge is 2.14. The van der Waals surface area contributed by atoms with Gasteiger partial charge in [-0.1, -0.05) is 0 Å². The van der Waals surface area contributed by atoms with Gasteiger partial charge in [-0.15, -0.1) is 11.3 Å². The van der Waals surface area contributed by atoms with E-state index in [1.807, 2.05) is 30.8 Å². The molecular weight excluding hydrogens is 336 g/mol. The zero-order valence-corrected chi connectivity index (χ0v) is 14.7. The summed E-state index contributed by atoms with van der Waals surface area (Å²) >= 11 is 1.43. The number of hydrogen-bond donors (Lipinski definition) is 1. The SMILES string of the molecule is Cc1ccsc1C(=O)Nc1cnn(-c2ncc(N3CCCC3)cn2)c1. The molecule has 1 amide bonds. The van der Waals surface area contributed by atoms with Crippen molar-refractivity contribution in [2.24, 2.45) is 0 Å². The van der Waals surface area contributed by atoms with E-state index in [2.05, 4.69) is 25.3 Å². The van der Waals surface area contributed by atoms with Crippen molar-refractivity contribution in [1.82, 2.24) is 19.7 Å². The van der Waals surface area contributed by atoms with Crippen LogP contribution in [0.1, 0.15) is 28.1 Å². The zero-order chi connectivity index (χ0) is 17.2. The van der Waals surface area contributed by atoms with Crippen LogP contribution in [0, 0.1) is 6.92 Å². The molecule has 1 fully saturated rings. The van der Waals surface area contributed by atoms with E-state index < -0.39 is 0 Å². The van der Waals surface area contributed by atoms with Crippen molar-refractivity contribution < 1.29 is 4.79 Å². The van der Waals surface area contributed by atoms with Crippen molar-refractivity contribution in [2.75, 3.05) is 23.3 Å². The minimum absolute atomic E-state index is 0.127. The topological polar surface area (TPSA) is 75.9 Å². The Bertz CT molecular complexity index is 879. The lowest BCUT2D eigenvalue weighted by molar-refractivity contribution is 0.103. The van der Waals surface area contributed by atoms with Crippen LogP contribution < -0.4 is 10.2 Å². The number of carbonyl (C=O) groups excluding carboxylic acids is 1. The second kappa shape index (κ2) is 6.64. The lowest BCUT2D eigenvalue weighted by atomic mass is 10.3. The van der Waals surface area contributed by atoms with Crippen molar-refractivity contribution in [3.05, 3.63) is 46.7 Å². The van der Waals surface area contributed by atoms with Crippen LogP contribution in [-0.2, 0) is 0 Å². The summed E-state index contributed by atoms with van der Waals surface area (Å²) in [5.74, 6) is 0.355. The van der Waals surface area contributed by atoms with Gasteiger partial charge in [0.25, 0.3) is 11.9 Å². The average Bonchev–Trinajstić information content (AvgIpc) is 3.36. The average molecular weight is 354 g/mol. The third-order valence-electron chi connectivity index (χ3n) is 4.21. The molecule has 0 spiro atoms. The molecule has 7 nitrogen and oxygen atoms in total. The van der Waals surface area contributed by atoms with E-state index in [4.69, 9.17) is 0 Å². The maximum atomic E-state index is 12.3. The number of nitrogens with one attached hydrogen (secondary N) is 1. The Morgan fingerprint density at radius 3 is 2.64 bits per heavy atom. The molecule has 8 heteroatoms. The monoisotopic (exact) mass is 354 g/mol. The maximum absolute atomic E-state index is 12.3. The summed E-state index contributed by atoms with van der Waals surface area (Å²) in [6, 6.07) is 1.93. The first kappa shape index (κ1) is 15.8. The van der Waals surface area contributed by atoms with Gasteiger partial charge < -0.3 is 10.2 Å². The minimum Gasteiger partial charge on any atom is -0.369 e. The van der Waals surface area contributed by atoms with Gasteiger partial charge in [0.1, 0.15) is 0 Å². The Kier molecular flexibility index (Phi) is 4.19. The highest BCUT2D eigenvalue weighted by molar-refractivity contribution is 7.12. The molecule has 1 N–H and O–H groups in total. The van der Waals surface area contributed by atoms with Crippen LogP contribution in [0.4, 0.5) is 11.4 Å². The Hall–Kier alpha value is -2.74. The number of hydrogen-bond acceptors (Lipinski definition) is 6. The third-order valence-corrected chi connectivity index (χ3v) is 5.22. The van der Waals surface area contributed by atoms with E-state index in [-0.39, 0.29) is 5.91 Å². The van der Waals surface area contributed by atoms with Crippen molar-refractivity contribution >= 4 is 28.6 Å². The largest absolute Gasteiger partial charge is 0.369 e. The van der Waals surface area contributed by atoms with Gasteiger partial charge in [-0.05, 0) is 36.8 Å². The van der Waals surface area contributed by atoms with Crippen molar-refractivity contribution in [1.29, 1.82) is 0 Å². The van der Waals surface area contributed by atoms with Crippen LogP contribution in [-0.4, -0.2) is 38.7 Å². The molecule has 1 saturated heterocycles. The number of anilines is 2. The van der Waals surface area contributed by atoms with Crippen LogP contribution in [0.25, 0.3) is 5.95 Å². The fourth-order valence-electron chi connectivity index (χ4n) is 2.86. The Morgan fingerprint density at radius 2 is 1.96 bits per heavy atom. The second-order valence-corrected chi connectivity index (χ2v) is 6.91. The number of amides is 1. The van der Waals surface area contributed by atoms with Crippen molar-refractivity contribution in [3.63, 3.8) is 0 Å². The fourth-order valence-corrected chi connectivity index (χ4v) is 3.68. The summed E-state index contributed by atoms with van der Waals surface area (Å²) < 4.78 is 1.56. The highest BCUT2D eigenvalue weighted by atomic mass is 32.1. The smallest absolute Gasteiger partial charge is 0.266 e. The summed E-state index contributed by atoms with van der Waals surface area (Å²) in [5.41, 5.74) is 2.62. The van der Waals surface area contributed by atoms with E-state index in [1.165, 1.54) is 24.2 Å². The molecule has 128 valence electrons. The molecule has 3 aromatic heterocycles. The summed E-state index contributed by atoms with van der Waals surface area (Å²) in [5, 5.41) is 9.00. The number of rotatable bonds is 4. The Morgan fingerprint density at radius 1 is 1.20 bits per heavy atom. The molecule has 1 aliphatic rings. The molecule has 1 aliphatic heterocycles. The standard InChI is InChI=1S/C17H18N6OS/c1-12-4-7-25-15(12)16(24)21-13-8-20-23(11-13)17-18-9-14(10-19-17)22-5-2-3-6-22/h4,7-11H,2-3,5-6H2,1H3,(H,21,24). The highest BCUT2D eigenvalue weighted by Crippen LogP contribution is 2.20. The van der Waals surface area contributed by atoms with E-state index in [1.54, 1.807) is 17.1 Å². The molecule has 4 rings (SSSR count). The van der Waals surface area contributed by atoms with Gasteiger partial charge in [0.05, 0.1) is 41.0 Å². The minimum atomic E-state index is -0.127. The van der Waals surface area contributed by atoms with Crippen molar-refractivity contribution in [2.45, 2.75) is 19.8 Å². The van der Waals surface area contributed by atoms with Crippen molar-refractivity contribution in [3.8, 4) is 5.95 Å². The Labute approximate surface area is 149 Å². The molecule has 0 bridgehead atoms. The second-order valence-electron chi connectivity index (χ2n) is 6.00. The molecule has 25 heavy (non-hydrogen) atoms. The van der Waals surface area contributed by atoms with Crippen LogP contribution in [0.3, 0.4) is 0 Å². The predicted octanol–water partition coefficient (Wildman–Crippen LogP) is 2.88. The summed E-state index contributed by atoms with van der Waals surface area (Å²) in [6.07, 6.45) is 9.39. The first-order valence-corrected chi connectivity index (χ1v) is 9.06. The van der Waals surface area contributed by atoms with Crippen LogP contribution in [0.5, 0.6) is 0 Å². The van der Waals surface area contributed by atoms with Crippen LogP contribution in [0.15, 0.2) is 36.2 Å². The van der Waals surface area contributed by atoms with Gasteiger partial charge in [-0.25, -0.2) is 14.6 Å². The van der Waals surface area contributed by atoms with Gasteiger partial charge >= 0.3 is 0 Å². The number of thiophene rings is 1. The van der Waals surface area contributed by atoms with Crippen LogP contribution >= 0.6 is 11.3 Å². The molecule has 0 unspecified atom stereocenters. The molecule has 0 saturated carbocycles. The quantitative estimate of drug-likeness (QED) is 0.780. The predicted molar refractivity (Wildman–Crippen MR) is 97.6 cm³/mol. The Balaban J connectivity index is 1.47. The molecule has 3 aromatic rings. The zero-order valence-electron chi connectivity index (χ0n) is 13.8. The number of aromatic nitrogens is 4. The maximum Gasteiger partial charge on any atom is 0.266 e. The van der Waals surface area contributed by atoms with Gasteiger partial charge in [-0.2, -0.15) is 5.10 Å². The van der Waals surface area contributed by atoms with Gasteiger partial charge in [0.15, 0.2) is 0 Å². The third kappa shape index (κ3) is 3.25. The normalized spacial score (nSPS) is 14.0. The first-order valence-electron chi connectivity index (χ1n) is 8.18. The van der Waals surface area contributed by atoms with Gasteiger partial charge in [0, 0.05) is 13.1 Å². The summed E-state index contributed by atoms with van der Waals surface area (Å²) in [4.78, 5) is 24.0. The number of aryl methyl sites for hydroxylation is 1. The molecule has 4 heterocycles.